The van der Waals surface area contributed by atoms with Gasteiger partial charge in [-0.1, -0.05) is 12.1 Å². The summed E-state index contributed by atoms with van der Waals surface area (Å²) in [6, 6.07) is 5.23. The van der Waals surface area contributed by atoms with Crippen LogP contribution in [0.4, 0.5) is 9.18 Å². The third-order valence-electron chi connectivity index (χ3n) is 3.73. The Morgan fingerprint density at radius 2 is 2.17 bits per heavy atom. The van der Waals surface area contributed by atoms with Crippen LogP contribution in [0, 0.1) is 5.82 Å². The summed E-state index contributed by atoms with van der Waals surface area (Å²) in [6.45, 7) is 2.76. The Morgan fingerprint density at radius 1 is 1.43 bits per heavy atom. The molecule has 1 aromatic carbocycles. The van der Waals surface area contributed by atoms with Gasteiger partial charge in [0.05, 0.1) is 13.2 Å². The van der Waals surface area contributed by atoms with E-state index in [1.54, 1.807) is 38.1 Å². The number of carbonyl (C=O) groups excluding carboxylic acids is 2. The van der Waals surface area contributed by atoms with Crippen molar-refractivity contribution in [3.63, 3.8) is 0 Å². The average molecular weight is 323 g/mol. The molecule has 126 valence electrons. The van der Waals surface area contributed by atoms with Gasteiger partial charge in [-0.25, -0.2) is 9.18 Å². The topological polar surface area (TPSA) is 61.9 Å². The third-order valence-corrected chi connectivity index (χ3v) is 3.73. The molecule has 0 aromatic heterocycles. The Bertz CT molecular complexity index is 579. The molecule has 2 atom stereocenters. The van der Waals surface area contributed by atoms with Crippen LogP contribution in [0.25, 0.3) is 0 Å². The molecule has 1 heterocycles. The molecule has 1 saturated heterocycles. The maximum atomic E-state index is 13.3. The van der Waals surface area contributed by atoms with Gasteiger partial charge in [0.2, 0.25) is 5.91 Å². The van der Waals surface area contributed by atoms with E-state index in [2.05, 4.69) is 5.32 Å². The molecule has 0 aliphatic carbocycles. The second kappa shape index (κ2) is 7.41. The zero-order valence-corrected chi connectivity index (χ0v) is 13.6. The molecular weight excluding hydrogens is 301 g/mol. The van der Waals surface area contributed by atoms with E-state index >= 15 is 0 Å². The number of amides is 3. The number of carbonyl (C=O) groups is 2. The molecule has 0 spiro atoms. The predicted octanol–water partition coefficient (Wildman–Crippen LogP) is 1.39. The van der Waals surface area contributed by atoms with Gasteiger partial charge in [0.1, 0.15) is 18.0 Å². The van der Waals surface area contributed by atoms with Crippen molar-refractivity contribution < 1.29 is 18.7 Å². The molecule has 0 unspecified atom stereocenters. The van der Waals surface area contributed by atoms with Crippen LogP contribution in [0.1, 0.15) is 18.6 Å². The quantitative estimate of drug-likeness (QED) is 0.914. The van der Waals surface area contributed by atoms with Crippen LogP contribution in [-0.2, 0) is 9.53 Å². The highest BCUT2D eigenvalue weighted by Gasteiger charge is 2.27. The van der Waals surface area contributed by atoms with Crippen molar-refractivity contribution in [3.05, 3.63) is 35.6 Å². The monoisotopic (exact) mass is 323 g/mol. The number of hydrogen-bond donors (Lipinski definition) is 1. The summed E-state index contributed by atoms with van der Waals surface area (Å²) >= 11 is 0. The lowest BCUT2D eigenvalue weighted by molar-refractivity contribution is -0.130. The Hall–Kier alpha value is -2.15. The summed E-state index contributed by atoms with van der Waals surface area (Å²) in [5.41, 5.74) is 0.694. The summed E-state index contributed by atoms with van der Waals surface area (Å²) in [6.07, 6.45) is -0.370. The summed E-state index contributed by atoms with van der Waals surface area (Å²) in [4.78, 5) is 27.1. The van der Waals surface area contributed by atoms with Crippen molar-refractivity contribution in [3.8, 4) is 0 Å². The van der Waals surface area contributed by atoms with E-state index in [-0.39, 0.29) is 23.9 Å². The van der Waals surface area contributed by atoms with Crippen LogP contribution in [-0.4, -0.2) is 61.6 Å². The van der Waals surface area contributed by atoms with Crippen molar-refractivity contribution in [2.75, 3.05) is 33.8 Å². The SMILES string of the molecule is C[C@H](NC(=O)N1CCO[C@@H](c2cccc(F)c2)C1)C(=O)N(C)C. The third kappa shape index (κ3) is 4.41. The summed E-state index contributed by atoms with van der Waals surface area (Å²) in [5.74, 6) is -0.508. The number of morpholine rings is 1. The van der Waals surface area contributed by atoms with Crippen molar-refractivity contribution in [1.29, 1.82) is 0 Å². The Labute approximate surface area is 135 Å². The van der Waals surface area contributed by atoms with Crippen LogP contribution >= 0.6 is 0 Å². The highest BCUT2D eigenvalue weighted by Crippen LogP contribution is 2.22. The van der Waals surface area contributed by atoms with Gasteiger partial charge < -0.3 is 19.9 Å². The lowest BCUT2D eigenvalue weighted by Gasteiger charge is -2.34. The second-order valence-electron chi connectivity index (χ2n) is 5.76. The van der Waals surface area contributed by atoms with E-state index in [1.165, 1.54) is 17.0 Å². The fraction of sp³-hybridized carbons (Fsp3) is 0.500. The number of nitrogens with zero attached hydrogens (tertiary/aromatic N) is 2. The number of ether oxygens (including phenoxy) is 1. The molecule has 1 aliphatic rings. The van der Waals surface area contributed by atoms with Gasteiger partial charge in [-0.2, -0.15) is 0 Å². The molecule has 0 bridgehead atoms. The smallest absolute Gasteiger partial charge is 0.318 e. The van der Waals surface area contributed by atoms with Crippen molar-refractivity contribution in [1.82, 2.24) is 15.1 Å². The molecule has 0 radical (unpaired) electrons. The van der Waals surface area contributed by atoms with Crippen molar-refractivity contribution in [2.45, 2.75) is 19.1 Å². The minimum absolute atomic E-state index is 0.173. The highest BCUT2D eigenvalue weighted by molar-refractivity contribution is 5.86. The van der Waals surface area contributed by atoms with Crippen LogP contribution in [0.3, 0.4) is 0 Å². The predicted molar refractivity (Wildman–Crippen MR) is 83.4 cm³/mol. The number of rotatable bonds is 3. The second-order valence-corrected chi connectivity index (χ2v) is 5.76. The number of urea groups is 1. The van der Waals surface area contributed by atoms with Crippen LogP contribution in [0.2, 0.25) is 0 Å². The molecule has 1 N–H and O–H groups in total. The van der Waals surface area contributed by atoms with Gasteiger partial charge in [0, 0.05) is 20.6 Å². The lowest BCUT2D eigenvalue weighted by Crippen LogP contribution is -2.52. The van der Waals surface area contributed by atoms with Gasteiger partial charge in [-0.15, -0.1) is 0 Å². The molecule has 6 nitrogen and oxygen atoms in total. The molecule has 7 heteroatoms. The number of benzene rings is 1. The maximum Gasteiger partial charge on any atom is 0.318 e. The Kier molecular flexibility index (Phi) is 5.54. The zero-order chi connectivity index (χ0) is 17.0. The summed E-state index contributed by atoms with van der Waals surface area (Å²) in [7, 11) is 3.28. The first-order valence-electron chi connectivity index (χ1n) is 7.52. The van der Waals surface area contributed by atoms with Gasteiger partial charge in [-0.05, 0) is 24.6 Å². The molecule has 0 saturated carbocycles. The lowest BCUT2D eigenvalue weighted by atomic mass is 10.1. The van der Waals surface area contributed by atoms with E-state index in [0.717, 1.165) is 0 Å². The van der Waals surface area contributed by atoms with E-state index in [4.69, 9.17) is 4.74 Å². The molecule has 1 aromatic rings. The van der Waals surface area contributed by atoms with Gasteiger partial charge in [0.15, 0.2) is 0 Å². The largest absolute Gasteiger partial charge is 0.370 e. The molecule has 23 heavy (non-hydrogen) atoms. The molecule has 3 amide bonds. The van der Waals surface area contributed by atoms with E-state index < -0.39 is 6.04 Å². The molecular formula is C16H22FN3O3. The molecule has 1 fully saturated rings. The Balaban J connectivity index is 1.98. The van der Waals surface area contributed by atoms with Crippen molar-refractivity contribution in [2.24, 2.45) is 0 Å². The number of likely N-dealkylation sites (N-methyl/N-ethyl adjacent to an activating group) is 1. The van der Waals surface area contributed by atoms with Crippen LogP contribution < -0.4 is 5.32 Å². The van der Waals surface area contributed by atoms with Crippen LogP contribution in [0.15, 0.2) is 24.3 Å². The Morgan fingerprint density at radius 3 is 2.83 bits per heavy atom. The first-order chi connectivity index (χ1) is 10.9. The van der Waals surface area contributed by atoms with Crippen LogP contribution in [0.5, 0.6) is 0 Å². The van der Waals surface area contributed by atoms with E-state index in [1.807, 2.05) is 0 Å². The van der Waals surface area contributed by atoms with Gasteiger partial charge in [0.25, 0.3) is 0 Å². The number of hydrogen-bond acceptors (Lipinski definition) is 3. The molecule has 1 aliphatic heterocycles. The minimum Gasteiger partial charge on any atom is -0.370 e. The highest BCUT2D eigenvalue weighted by atomic mass is 19.1. The number of nitrogens with one attached hydrogen (secondary N) is 1. The number of halogens is 1. The normalized spacial score (nSPS) is 19.1. The molecule has 2 rings (SSSR count). The summed E-state index contributed by atoms with van der Waals surface area (Å²) < 4.78 is 19.0. The first kappa shape index (κ1) is 17.2. The summed E-state index contributed by atoms with van der Waals surface area (Å²) in [5, 5.41) is 2.68. The minimum atomic E-state index is -0.604. The average Bonchev–Trinajstić information content (AvgIpc) is 2.54. The fourth-order valence-electron chi connectivity index (χ4n) is 2.47. The van der Waals surface area contributed by atoms with Gasteiger partial charge >= 0.3 is 6.03 Å². The first-order valence-corrected chi connectivity index (χ1v) is 7.52. The van der Waals surface area contributed by atoms with Crippen molar-refractivity contribution >= 4 is 11.9 Å². The van der Waals surface area contributed by atoms with E-state index in [9.17, 15) is 14.0 Å². The van der Waals surface area contributed by atoms with E-state index in [0.29, 0.717) is 25.3 Å². The zero-order valence-electron chi connectivity index (χ0n) is 13.6. The standard InChI is InChI=1S/C16H22FN3O3/c1-11(15(21)19(2)3)18-16(22)20-7-8-23-14(10-20)12-5-4-6-13(17)9-12/h4-6,9,11,14H,7-8,10H2,1-3H3,(H,18,22)/t11-,14+/m0/s1. The fourth-order valence-corrected chi connectivity index (χ4v) is 2.47. The van der Waals surface area contributed by atoms with Gasteiger partial charge in [-0.3, -0.25) is 4.79 Å². The maximum absolute atomic E-state index is 13.3.